The fourth-order valence-corrected chi connectivity index (χ4v) is 2.09. The molecular formula is C14H20O4. The van der Waals surface area contributed by atoms with Gasteiger partial charge >= 0.3 is 0 Å². The molecule has 0 spiro atoms. The molecule has 2 atom stereocenters. The second-order valence-electron chi connectivity index (χ2n) is 5.87. The van der Waals surface area contributed by atoms with E-state index in [9.17, 15) is 4.79 Å². The van der Waals surface area contributed by atoms with Crippen LogP contribution < -0.4 is 0 Å². The fourth-order valence-electron chi connectivity index (χ4n) is 2.09. The minimum Gasteiger partial charge on any atom is -0.340 e. The molecule has 0 aromatic rings. The van der Waals surface area contributed by atoms with Crippen molar-refractivity contribution in [3.05, 3.63) is 24.3 Å². The van der Waals surface area contributed by atoms with Gasteiger partial charge in [0.1, 0.15) is 5.60 Å². The van der Waals surface area contributed by atoms with Gasteiger partial charge in [-0.2, -0.15) is 4.89 Å². The van der Waals surface area contributed by atoms with Gasteiger partial charge in [0, 0.05) is 5.41 Å². The van der Waals surface area contributed by atoms with E-state index in [2.05, 4.69) is 0 Å². The van der Waals surface area contributed by atoms with E-state index in [1.807, 2.05) is 39.0 Å². The van der Waals surface area contributed by atoms with Crippen LogP contribution in [-0.4, -0.2) is 23.8 Å². The van der Waals surface area contributed by atoms with Gasteiger partial charge in [0.05, 0.1) is 6.61 Å². The zero-order chi connectivity index (χ0) is 13.4. The maximum Gasteiger partial charge on any atom is 0.226 e. The van der Waals surface area contributed by atoms with Crippen LogP contribution in [-0.2, 0) is 19.3 Å². The summed E-state index contributed by atoms with van der Waals surface area (Å²) in [4.78, 5) is 21.8. The normalized spacial score (nSPS) is 35.3. The lowest BCUT2D eigenvalue weighted by Crippen LogP contribution is -2.59. The number of allylic oxidation sites excluding steroid dienone is 2. The van der Waals surface area contributed by atoms with Crippen molar-refractivity contribution in [1.82, 2.24) is 0 Å². The lowest BCUT2D eigenvalue weighted by molar-refractivity contribution is -0.515. The first-order valence-corrected chi connectivity index (χ1v) is 6.17. The van der Waals surface area contributed by atoms with Crippen molar-refractivity contribution in [3.63, 3.8) is 0 Å². The molecule has 0 amide bonds. The van der Waals surface area contributed by atoms with E-state index in [1.165, 1.54) is 6.92 Å². The van der Waals surface area contributed by atoms with Crippen LogP contribution in [0.15, 0.2) is 24.3 Å². The second kappa shape index (κ2) is 4.30. The summed E-state index contributed by atoms with van der Waals surface area (Å²) in [5.74, 6) is -0.830. The van der Waals surface area contributed by atoms with E-state index in [0.717, 1.165) is 0 Å². The summed E-state index contributed by atoms with van der Waals surface area (Å²) < 4.78 is 5.84. The molecule has 0 aromatic carbocycles. The second-order valence-corrected chi connectivity index (χ2v) is 5.87. The van der Waals surface area contributed by atoms with Crippen LogP contribution in [0.25, 0.3) is 0 Å². The molecule has 3 heterocycles. The van der Waals surface area contributed by atoms with Crippen molar-refractivity contribution in [2.24, 2.45) is 5.41 Å². The zero-order valence-electron chi connectivity index (χ0n) is 11.4. The number of fused-ring (bicyclic) bond motifs is 2. The molecule has 3 rings (SSSR count). The molecule has 0 N–H and O–H groups in total. The molecule has 0 saturated carbocycles. The van der Waals surface area contributed by atoms with Gasteiger partial charge in [0.2, 0.25) is 5.79 Å². The van der Waals surface area contributed by atoms with Crippen molar-refractivity contribution >= 4 is 5.78 Å². The smallest absolute Gasteiger partial charge is 0.226 e. The Balaban J connectivity index is 2.15. The minimum absolute atomic E-state index is 0.0387. The topological polar surface area (TPSA) is 44.8 Å². The van der Waals surface area contributed by atoms with Crippen LogP contribution in [0.5, 0.6) is 0 Å². The molecule has 2 bridgehead atoms. The van der Waals surface area contributed by atoms with Crippen LogP contribution in [0.4, 0.5) is 0 Å². The summed E-state index contributed by atoms with van der Waals surface area (Å²) in [5.41, 5.74) is -0.801. The van der Waals surface area contributed by atoms with Gasteiger partial charge < -0.3 is 4.74 Å². The predicted octanol–water partition coefficient (Wildman–Crippen LogP) is 2.55. The molecule has 0 radical (unpaired) electrons. The Labute approximate surface area is 108 Å². The summed E-state index contributed by atoms with van der Waals surface area (Å²) in [7, 11) is 0. The number of ketones is 1. The molecule has 0 aromatic heterocycles. The number of carbonyl (C=O) groups excluding carboxylic acids is 1. The highest BCUT2D eigenvalue weighted by Gasteiger charge is 2.55. The van der Waals surface area contributed by atoms with Crippen LogP contribution in [0.2, 0.25) is 0 Å². The Morgan fingerprint density at radius 1 is 1.39 bits per heavy atom. The molecule has 0 aliphatic carbocycles. The van der Waals surface area contributed by atoms with Gasteiger partial charge in [-0.05, 0) is 38.5 Å². The van der Waals surface area contributed by atoms with E-state index in [1.54, 1.807) is 6.08 Å². The Morgan fingerprint density at radius 2 is 2.11 bits per heavy atom. The van der Waals surface area contributed by atoms with Crippen molar-refractivity contribution in [2.75, 3.05) is 6.61 Å². The van der Waals surface area contributed by atoms with E-state index in [-0.39, 0.29) is 11.2 Å². The van der Waals surface area contributed by atoms with Crippen LogP contribution >= 0.6 is 0 Å². The third kappa shape index (κ3) is 2.28. The molecule has 18 heavy (non-hydrogen) atoms. The number of ether oxygens (including phenoxy) is 1. The highest BCUT2D eigenvalue weighted by Crippen LogP contribution is 2.47. The molecule has 3 aliphatic rings. The summed E-state index contributed by atoms with van der Waals surface area (Å²) in [6.45, 7) is 7.97. The Kier molecular flexibility index (Phi) is 3.21. The first-order valence-electron chi connectivity index (χ1n) is 6.17. The number of hydrogen-bond donors (Lipinski definition) is 0. The largest absolute Gasteiger partial charge is 0.340 e. The molecule has 1 saturated heterocycles. The molecule has 100 valence electrons. The third-order valence-electron chi connectivity index (χ3n) is 3.51. The standard InChI is InChI=1S/C14H20O4/c1-11(15)6-5-7-12(2,3)14-9-8-13(4,10-16-14)17-18-14/h5-6,8-9H,7,10H2,1-4H3/b6-5+. The van der Waals surface area contributed by atoms with Gasteiger partial charge in [-0.3, -0.25) is 4.79 Å². The Morgan fingerprint density at radius 3 is 2.56 bits per heavy atom. The summed E-state index contributed by atoms with van der Waals surface area (Å²) in [6.07, 6.45) is 7.98. The maximum atomic E-state index is 10.9. The van der Waals surface area contributed by atoms with Gasteiger partial charge in [-0.1, -0.05) is 19.9 Å². The van der Waals surface area contributed by atoms with Crippen LogP contribution in [0.3, 0.4) is 0 Å². The molecule has 4 heteroatoms. The average molecular weight is 252 g/mol. The third-order valence-corrected chi connectivity index (χ3v) is 3.51. The lowest BCUT2D eigenvalue weighted by Gasteiger charge is -2.51. The number of rotatable bonds is 4. The van der Waals surface area contributed by atoms with Gasteiger partial charge in [-0.15, -0.1) is 0 Å². The van der Waals surface area contributed by atoms with Gasteiger partial charge in [0.15, 0.2) is 5.78 Å². The summed E-state index contributed by atoms with van der Waals surface area (Å²) in [6, 6.07) is 0. The van der Waals surface area contributed by atoms with Crippen molar-refractivity contribution in [1.29, 1.82) is 0 Å². The number of carbonyl (C=O) groups is 1. The summed E-state index contributed by atoms with van der Waals surface area (Å²) in [5, 5.41) is 0. The average Bonchev–Trinajstić information content (AvgIpc) is 2.29. The van der Waals surface area contributed by atoms with Gasteiger partial charge in [-0.25, -0.2) is 4.89 Å². The van der Waals surface area contributed by atoms with Crippen molar-refractivity contribution < 1.29 is 19.3 Å². The minimum atomic E-state index is -0.869. The lowest BCUT2D eigenvalue weighted by atomic mass is 9.77. The molecule has 3 aliphatic heterocycles. The monoisotopic (exact) mass is 252 g/mol. The molecule has 1 fully saturated rings. The maximum absolute atomic E-state index is 10.9. The van der Waals surface area contributed by atoms with Crippen molar-refractivity contribution in [2.45, 2.75) is 45.5 Å². The van der Waals surface area contributed by atoms with Crippen molar-refractivity contribution in [3.8, 4) is 0 Å². The Hall–Kier alpha value is -0.970. The van der Waals surface area contributed by atoms with E-state index >= 15 is 0 Å². The first kappa shape index (κ1) is 13.5. The fraction of sp³-hybridized carbons (Fsp3) is 0.643. The quantitative estimate of drug-likeness (QED) is 0.438. The van der Waals surface area contributed by atoms with E-state index in [0.29, 0.717) is 13.0 Å². The zero-order valence-corrected chi connectivity index (χ0v) is 11.4. The molecular weight excluding hydrogens is 232 g/mol. The van der Waals surface area contributed by atoms with E-state index < -0.39 is 11.4 Å². The number of hydrogen-bond acceptors (Lipinski definition) is 4. The van der Waals surface area contributed by atoms with Gasteiger partial charge in [0.25, 0.3) is 0 Å². The van der Waals surface area contributed by atoms with E-state index in [4.69, 9.17) is 14.5 Å². The molecule has 4 nitrogen and oxygen atoms in total. The summed E-state index contributed by atoms with van der Waals surface area (Å²) >= 11 is 0. The predicted molar refractivity (Wildman–Crippen MR) is 66.6 cm³/mol. The molecule has 2 unspecified atom stereocenters. The Bertz CT molecular complexity index is 398. The van der Waals surface area contributed by atoms with Crippen LogP contribution in [0.1, 0.15) is 34.1 Å². The highest BCUT2D eigenvalue weighted by molar-refractivity contribution is 5.87. The van der Waals surface area contributed by atoms with Crippen LogP contribution in [0, 0.1) is 5.41 Å². The highest BCUT2D eigenvalue weighted by atomic mass is 17.3. The SMILES string of the molecule is CC(=O)/C=C/CC(C)(C)C12C=CC(C)(CO1)OO2. The first-order chi connectivity index (χ1) is 8.29.